The number of hydrogen-bond acceptors (Lipinski definition) is 3. The summed E-state index contributed by atoms with van der Waals surface area (Å²) in [6, 6.07) is -0.191. The molecule has 1 N–H and O–H groups in total. The van der Waals surface area contributed by atoms with Gasteiger partial charge in [-0.25, -0.2) is 4.79 Å². The number of rotatable bonds is 2. The molecule has 2 unspecified atom stereocenters. The van der Waals surface area contributed by atoms with Crippen LogP contribution in [0.3, 0.4) is 0 Å². The van der Waals surface area contributed by atoms with Gasteiger partial charge in [0.15, 0.2) is 0 Å². The summed E-state index contributed by atoms with van der Waals surface area (Å²) in [5, 5.41) is 0.217. The Kier molecular flexibility index (Phi) is 3.73. The van der Waals surface area contributed by atoms with Gasteiger partial charge in [-0.1, -0.05) is 24.4 Å². The van der Waals surface area contributed by atoms with Gasteiger partial charge in [0.25, 0.3) is 5.56 Å². The van der Waals surface area contributed by atoms with Crippen molar-refractivity contribution in [1.82, 2.24) is 9.55 Å². The van der Waals surface area contributed by atoms with Crippen LogP contribution in [-0.2, 0) is 4.74 Å². The molecular formula is C14H19ClN2O3. The van der Waals surface area contributed by atoms with Crippen molar-refractivity contribution in [3.63, 3.8) is 0 Å². The minimum absolute atomic E-state index is 0.119. The Balaban J connectivity index is 2.12. The zero-order chi connectivity index (χ0) is 14.3. The smallest absolute Gasteiger partial charge is 0.329 e. The van der Waals surface area contributed by atoms with E-state index >= 15 is 0 Å². The second-order valence-corrected chi connectivity index (χ2v) is 6.12. The zero-order valence-electron chi connectivity index (χ0n) is 11.5. The fourth-order valence-electron chi connectivity index (χ4n) is 3.47. The third-order valence-electron chi connectivity index (χ3n) is 4.55. The molecule has 1 aliphatic carbocycles. The Hall–Kier alpha value is -1.07. The van der Waals surface area contributed by atoms with Gasteiger partial charge < -0.3 is 4.74 Å². The van der Waals surface area contributed by atoms with Crippen LogP contribution in [0.1, 0.15) is 56.6 Å². The molecule has 110 valence electrons. The van der Waals surface area contributed by atoms with Crippen LogP contribution in [0.4, 0.5) is 0 Å². The van der Waals surface area contributed by atoms with Gasteiger partial charge in [0.05, 0.1) is 17.7 Å². The highest BCUT2D eigenvalue weighted by atomic mass is 35.5. The molecule has 2 fully saturated rings. The quantitative estimate of drug-likeness (QED) is 0.851. The van der Waals surface area contributed by atoms with E-state index < -0.39 is 5.69 Å². The summed E-state index contributed by atoms with van der Waals surface area (Å²) in [5.74, 6) is 0.177. The first-order valence-corrected chi connectivity index (χ1v) is 7.63. The van der Waals surface area contributed by atoms with Crippen LogP contribution < -0.4 is 11.2 Å². The third kappa shape index (κ3) is 2.23. The highest BCUT2D eigenvalue weighted by molar-refractivity contribution is 6.30. The molecule has 1 saturated heterocycles. The van der Waals surface area contributed by atoms with Crippen molar-refractivity contribution in [1.29, 1.82) is 0 Å². The molecule has 0 bridgehead atoms. The van der Waals surface area contributed by atoms with Crippen LogP contribution in [-0.4, -0.2) is 22.3 Å². The Morgan fingerprint density at radius 2 is 1.95 bits per heavy atom. The first-order chi connectivity index (χ1) is 9.59. The van der Waals surface area contributed by atoms with E-state index in [1.54, 1.807) is 0 Å². The molecule has 2 atom stereocenters. The summed E-state index contributed by atoms with van der Waals surface area (Å²) in [7, 11) is 0. The summed E-state index contributed by atoms with van der Waals surface area (Å²) < 4.78 is 6.80. The van der Waals surface area contributed by atoms with E-state index in [0.717, 1.165) is 25.7 Å². The molecule has 1 saturated carbocycles. The maximum absolute atomic E-state index is 12.7. The van der Waals surface area contributed by atoms with Gasteiger partial charge in [0.1, 0.15) is 5.15 Å². The summed E-state index contributed by atoms with van der Waals surface area (Å²) in [6.07, 6.45) is 4.74. The number of aromatic amines is 1. The molecule has 0 amide bonds. The number of H-pyrrole nitrogens is 1. The Morgan fingerprint density at radius 1 is 1.25 bits per heavy atom. The molecule has 0 aromatic carbocycles. The number of ether oxygens (including phenoxy) is 1. The minimum Gasteiger partial charge on any atom is -0.376 e. The van der Waals surface area contributed by atoms with E-state index in [2.05, 4.69) is 4.98 Å². The highest BCUT2D eigenvalue weighted by Crippen LogP contribution is 2.35. The van der Waals surface area contributed by atoms with Gasteiger partial charge >= 0.3 is 5.69 Å². The van der Waals surface area contributed by atoms with Crippen molar-refractivity contribution in [2.75, 3.05) is 6.61 Å². The minimum atomic E-state index is -0.427. The average molecular weight is 299 g/mol. The van der Waals surface area contributed by atoms with E-state index in [1.807, 2.05) is 6.92 Å². The molecule has 3 rings (SSSR count). The van der Waals surface area contributed by atoms with Crippen LogP contribution in [0, 0.1) is 0 Å². The lowest BCUT2D eigenvalue weighted by atomic mass is 10.00. The molecule has 0 radical (unpaired) electrons. The largest absolute Gasteiger partial charge is 0.376 e. The monoisotopic (exact) mass is 298 g/mol. The van der Waals surface area contributed by atoms with Gasteiger partial charge in [-0.3, -0.25) is 14.3 Å². The first-order valence-electron chi connectivity index (χ1n) is 7.25. The predicted molar refractivity (Wildman–Crippen MR) is 76.6 cm³/mol. The van der Waals surface area contributed by atoms with Gasteiger partial charge in [-0.2, -0.15) is 0 Å². The van der Waals surface area contributed by atoms with Crippen LogP contribution in [0.25, 0.3) is 0 Å². The number of nitrogens with zero attached hydrogens (tertiary/aromatic N) is 1. The van der Waals surface area contributed by atoms with Crippen molar-refractivity contribution in [2.45, 2.75) is 57.1 Å². The summed E-state index contributed by atoms with van der Waals surface area (Å²) in [4.78, 5) is 27.5. The van der Waals surface area contributed by atoms with Gasteiger partial charge in [0.2, 0.25) is 0 Å². The lowest BCUT2D eigenvalue weighted by molar-refractivity contribution is 0.106. The molecule has 20 heavy (non-hydrogen) atoms. The first kappa shape index (κ1) is 13.9. The Morgan fingerprint density at radius 3 is 2.55 bits per heavy atom. The zero-order valence-corrected chi connectivity index (χ0v) is 12.3. The maximum atomic E-state index is 12.7. The van der Waals surface area contributed by atoms with E-state index in [9.17, 15) is 9.59 Å². The maximum Gasteiger partial charge on any atom is 0.329 e. The fourth-order valence-corrected chi connectivity index (χ4v) is 3.78. The molecule has 1 aromatic rings. The number of nitrogens with one attached hydrogen (secondary N) is 1. The topological polar surface area (TPSA) is 64.1 Å². The van der Waals surface area contributed by atoms with Crippen molar-refractivity contribution in [3.8, 4) is 0 Å². The van der Waals surface area contributed by atoms with Crippen LogP contribution >= 0.6 is 11.6 Å². The molecule has 2 heterocycles. The van der Waals surface area contributed by atoms with Gasteiger partial charge in [-0.15, -0.1) is 0 Å². The second-order valence-electron chi connectivity index (χ2n) is 5.75. The molecule has 0 spiro atoms. The van der Waals surface area contributed by atoms with Crippen molar-refractivity contribution in [2.24, 2.45) is 0 Å². The molecule has 2 aliphatic rings. The number of aromatic nitrogens is 2. The van der Waals surface area contributed by atoms with Crippen molar-refractivity contribution in [3.05, 3.63) is 31.6 Å². The molecule has 5 nitrogen and oxygen atoms in total. The van der Waals surface area contributed by atoms with Crippen molar-refractivity contribution < 1.29 is 4.74 Å². The fraction of sp³-hybridized carbons (Fsp3) is 0.714. The average Bonchev–Trinajstić information content (AvgIpc) is 3.02. The Labute approximate surface area is 121 Å². The van der Waals surface area contributed by atoms with Crippen LogP contribution in [0.5, 0.6) is 0 Å². The normalized spacial score (nSPS) is 27.3. The lowest BCUT2D eigenvalue weighted by Crippen LogP contribution is -2.42. The summed E-state index contributed by atoms with van der Waals surface area (Å²) >= 11 is 6.13. The van der Waals surface area contributed by atoms with E-state index in [4.69, 9.17) is 16.3 Å². The molecule has 6 heteroatoms. The predicted octanol–water partition coefficient (Wildman–Crippen LogP) is 2.20. The SMILES string of the molecule is CC1OCCC1n1c(=O)[nH]c(Cl)c(C2CCCC2)c1=O. The standard InChI is InChI=1S/C14H19ClN2O3/c1-8-10(6-7-20-8)17-13(18)11(9-4-2-3-5-9)12(15)16-14(17)19/h8-10H,2-7H2,1H3,(H,16,19). The molecule has 1 aliphatic heterocycles. The number of hydrogen-bond donors (Lipinski definition) is 1. The Bertz CT molecular complexity index is 616. The van der Waals surface area contributed by atoms with Gasteiger partial charge in [-0.05, 0) is 32.1 Å². The highest BCUT2D eigenvalue weighted by Gasteiger charge is 2.32. The van der Waals surface area contributed by atoms with E-state index in [0.29, 0.717) is 18.6 Å². The second kappa shape index (κ2) is 5.37. The third-order valence-corrected chi connectivity index (χ3v) is 4.85. The van der Waals surface area contributed by atoms with E-state index in [-0.39, 0.29) is 28.8 Å². The van der Waals surface area contributed by atoms with Crippen LogP contribution in [0.15, 0.2) is 9.59 Å². The summed E-state index contributed by atoms with van der Waals surface area (Å²) in [5.41, 5.74) is -0.0695. The van der Waals surface area contributed by atoms with Gasteiger partial charge in [0, 0.05) is 6.61 Å². The lowest BCUT2D eigenvalue weighted by Gasteiger charge is -2.19. The number of halogens is 1. The van der Waals surface area contributed by atoms with Crippen molar-refractivity contribution >= 4 is 11.6 Å². The molecular weight excluding hydrogens is 280 g/mol. The van der Waals surface area contributed by atoms with Crippen LogP contribution in [0.2, 0.25) is 5.15 Å². The molecule has 1 aromatic heterocycles. The summed E-state index contributed by atoms with van der Waals surface area (Å²) in [6.45, 7) is 2.48. The van der Waals surface area contributed by atoms with E-state index in [1.165, 1.54) is 4.57 Å².